The molecule has 0 saturated carbocycles. The van der Waals surface area contributed by atoms with Crippen LogP contribution < -0.4 is 21.2 Å². The molecular weight excluding hydrogens is 757 g/mol. The highest BCUT2D eigenvalue weighted by Crippen LogP contribution is 2.48. The predicted octanol–water partition coefficient (Wildman–Crippen LogP) is 5.63. The molecule has 0 fully saturated rings. The van der Waals surface area contributed by atoms with E-state index in [4.69, 9.17) is 0 Å². The number of aliphatic hydroxyl groups is 2. The molecule has 6 rings (SSSR count). The number of halogens is 1. The van der Waals surface area contributed by atoms with Crippen molar-refractivity contribution in [1.82, 2.24) is 9.80 Å². The number of hydrogen-bond acceptors (Lipinski definition) is 8. The van der Waals surface area contributed by atoms with Gasteiger partial charge in [0.2, 0.25) is 7.29 Å². The summed E-state index contributed by atoms with van der Waals surface area (Å²) >= 11 is 0. The Kier molecular flexibility index (Phi) is 13.2. The lowest BCUT2D eigenvalue weighted by atomic mass is 10.2. The van der Waals surface area contributed by atoms with E-state index in [1.165, 1.54) is 15.9 Å². The van der Waals surface area contributed by atoms with Gasteiger partial charge < -0.3 is 35.5 Å². The number of nitrogens with one attached hydrogen (secondary N) is 2. The molecule has 0 saturated heterocycles. The number of anilines is 2. The lowest BCUT2D eigenvalue weighted by Crippen LogP contribution is -2.32. The first-order valence-corrected chi connectivity index (χ1v) is 18.6. The number of para-hydroxylation sites is 2. The van der Waals surface area contributed by atoms with Crippen LogP contribution in [-0.4, -0.2) is 81.2 Å². The van der Waals surface area contributed by atoms with Gasteiger partial charge in [-0.05, 0) is 38.1 Å². The van der Waals surface area contributed by atoms with Crippen molar-refractivity contribution in [3.8, 4) is 0 Å². The fraction of sp³-hybridized carbons (Fsp3) is 0.355. The van der Waals surface area contributed by atoms with Crippen LogP contribution in [0.5, 0.6) is 0 Å². The van der Waals surface area contributed by atoms with Crippen molar-refractivity contribution in [2.24, 2.45) is 9.53 Å². The molecule has 258 valence electrons. The third-order valence-corrected chi connectivity index (χ3v) is 11.0. The van der Waals surface area contributed by atoms with Crippen LogP contribution in [-0.2, 0) is 18.7 Å². The summed E-state index contributed by atoms with van der Waals surface area (Å²) in [4.78, 5) is 37.2. The Morgan fingerprint density at radius 3 is 1.49 bits per heavy atom. The first kappa shape index (κ1) is 39.7. The topological polar surface area (TPSA) is 184 Å². The van der Waals surface area contributed by atoms with Crippen LogP contribution in [0.3, 0.4) is 0 Å². The van der Waals surface area contributed by atoms with E-state index in [0.29, 0.717) is 16.7 Å². The van der Waals surface area contributed by atoms with Gasteiger partial charge in [0.1, 0.15) is 28.5 Å². The third kappa shape index (κ3) is 7.51. The summed E-state index contributed by atoms with van der Waals surface area (Å²) in [6.45, 7) is 12.9. The summed E-state index contributed by atoms with van der Waals surface area (Å²) in [5.41, 5.74) is 1.10. The Balaban J connectivity index is 0.000000419. The predicted molar refractivity (Wildman–Crippen MR) is 202 cm³/mol. The van der Waals surface area contributed by atoms with Crippen LogP contribution in [0.25, 0.3) is 0 Å². The fourth-order valence-electron chi connectivity index (χ4n) is 4.89. The van der Waals surface area contributed by atoms with E-state index >= 15 is 0 Å². The highest BCUT2D eigenvalue weighted by molar-refractivity contribution is 14.0. The molecule has 0 bridgehead atoms. The van der Waals surface area contributed by atoms with Gasteiger partial charge in [0, 0.05) is 22.2 Å². The zero-order valence-corrected chi connectivity index (χ0v) is 32.0. The maximum atomic E-state index is 12.7. The molecule has 0 radical (unpaired) electrons. The third-order valence-electron chi connectivity index (χ3n) is 7.61. The summed E-state index contributed by atoms with van der Waals surface area (Å²) < 4.78 is 33.0. The SMILES string of the molecule is CC.CC.C[C@H]1C(O)=C(C2=NP(=O)(O)c3ccccc3N2)C(=O)N1C.C[C@H]1C(O)=C(C2=NP(C)(=O)c3ccccc3N2)C(=O)N1C.I.[HH]. The fourth-order valence-corrected chi connectivity index (χ4v) is 7.72. The molecule has 5 N–H and O–H groups in total. The number of carbonyl (C=O) groups excluding carboxylic acids is 2. The number of benzene rings is 2. The number of carbonyl (C=O) groups is 2. The zero-order valence-electron chi connectivity index (χ0n) is 27.8. The second-order valence-corrected chi connectivity index (χ2v) is 14.5. The molecule has 2 aromatic carbocycles. The van der Waals surface area contributed by atoms with Crippen LogP contribution in [0, 0.1) is 0 Å². The van der Waals surface area contributed by atoms with Gasteiger partial charge in [0.05, 0.1) is 34.1 Å². The summed E-state index contributed by atoms with van der Waals surface area (Å²) in [6.07, 6.45) is 0. The smallest absolute Gasteiger partial charge is 0.346 e. The van der Waals surface area contributed by atoms with Gasteiger partial charge in [0.15, 0.2) is 5.84 Å². The minimum atomic E-state index is -3.97. The first-order chi connectivity index (χ1) is 21.7. The normalized spacial score (nSPS) is 25.6. The van der Waals surface area contributed by atoms with Gasteiger partial charge in [-0.1, -0.05) is 52.0 Å². The van der Waals surface area contributed by atoms with Crippen molar-refractivity contribution in [1.29, 1.82) is 0 Å². The van der Waals surface area contributed by atoms with Crippen LogP contribution >= 0.6 is 38.8 Å². The largest absolute Gasteiger partial charge is 0.509 e. The van der Waals surface area contributed by atoms with Crippen LogP contribution in [0.4, 0.5) is 11.4 Å². The van der Waals surface area contributed by atoms with Gasteiger partial charge in [-0.15, -0.1) is 24.0 Å². The minimum absolute atomic E-state index is 0. The molecule has 2 aromatic rings. The maximum absolute atomic E-state index is 12.7. The summed E-state index contributed by atoms with van der Waals surface area (Å²) in [5, 5.41) is 26.9. The Labute approximate surface area is 294 Å². The van der Waals surface area contributed by atoms with Crippen molar-refractivity contribution < 1.29 is 35.3 Å². The second kappa shape index (κ2) is 15.6. The van der Waals surface area contributed by atoms with Gasteiger partial charge >= 0.3 is 7.52 Å². The first-order valence-electron chi connectivity index (χ1n) is 14.9. The van der Waals surface area contributed by atoms with E-state index < -0.39 is 32.8 Å². The monoisotopic (exact) mass is 802 g/mol. The molecule has 0 aromatic heterocycles. The molecule has 4 aliphatic heterocycles. The number of likely N-dealkylation sites (N-methyl/N-ethyl adjacent to an activating group) is 2. The molecule has 0 aliphatic carbocycles. The Morgan fingerprint density at radius 1 is 0.723 bits per heavy atom. The number of amides is 2. The second-order valence-electron chi connectivity index (χ2n) is 10.3. The molecule has 16 heteroatoms. The van der Waals surface area contributed by atoms with Gasteiger partial charge in [-0.3, -0.25) is 18.7 Å². The zero-order chi connectivity index (χ0) is 34.7. The molecule has 4 atom stereocenters. The average molecular weight is 803 g/mol. The molecule has 2 amide bonds. The summed E-state index contributed by atoms with van der Waals surface area (Å²) in [6, 6.07) is 12.7. The number of amidine groups is 2. The number of nitrogens with zero attached hydrogens (tertiary/aromatic N) is 4. The number of hydrogen-bond donors (Lipinski definition) is 5. The molecule has 4 aliphatic rings. The number of rotatable bonds is 2. The van der Waals surface area contributed by atoms with Crippen LogP contribution in [0.1, 0.15) is 43.0 Å². The lowest BCUT2D eigenvalue weighted by molar-refractivity contribution is -0.125. The Bertz CT molecular complexity index is 1650. The van der Waals surface area contributed by atoms with E-state index in [0.717, 1.165) is 0 Å². The molecule has 47 heavy (non-hydrogen) atoms. The quantitative estimate of drug-likeness (QED) is 0.190. The highest BCUT2D eigenvalue weighted by atomic mass is 127. The minimum Gasteiger partial charge on any atom is -0.509 e. The molecule has 0 spiro atoms. The average Bonchev–Trinajstić information content (AvgIpc) is 3.35. The van der Waals surface area contributed by atoms with Crippen molar-refractivity contribution in [3.05, 3.63) is 71.2 Å². The number of fused-ring (bicyclic) bond motifs is 2. The van der Waals surface area contributed by atoms with E-state index in [1.807, 2.05) is 33.8 Å². The van der Waals surface area contributed by atoms with Crippen molar-refractivity contribution >= 4 is 84.3 Å². The standard InChI is InChI=1S/C14H16N3O3P.C13H14N3O4P.2C2H6.HI.H2/c1-8-12(18)11(14(19)17(8)2)13-15-9-6-4-5-7-10(9)21(3,20)16-13;1-7-11(17)10(13(18)16(7)2)12-14-8-5-3-4-6-9(8)21(19,20)15-12;2*1-2;;/h4-8,18H,1-3H3,(H,15,16,20);3-7,17H,1-2H3,(H2,14,15,19,20);2*1-2H3;2*1H/t8-,21?;7-;;;;/m00..../s1. The molecule has 4 heterocycles. The summed E-state index contributed by atoms with van der Waals surface area (Å²) in [7, 11) is -3.78. The highest BCUT2D eigenvalue weighted by Gasteiger charge is 2.41. The van der Waals surface area contributed by atoms with Crippen molar-refractivity contribution in [2.75, 3.05) is 31.4 Å². The van der Waals surface area contributed by atoms with Crippen molar-refractivity contribution in [3.63, 3.8) is 0 Å². The molecule has 2 unspecified atom stereocenters. The van der Waals surface area contributed by atoms with Crippen LogP contribution in [0.2, 0.25) is 0 Å². The van der Waals surface area contributed by atoms with Crippen molar-refractivity contribution in [2.45, 2.75) is 53.6 Å². The van der Waals surface area contributed by atoms with E-state index in [9.17, 15) is 33.8 Å². The molecular formula is C31H45IN6O7P2. The Morgan fingerprint density at radius 2 is 1.09 bits per heavy atom. The van der Waals surface area contributed by atoms with E-state index in [-0.39, 0.29) is 71.0 Å². The number of aliphatic hydroxyl groups excluding tert-OH is 2. The van der Waals surface area contributed by atoms with Gasteiger partial charge in [0.25, 0.3) is 11.8 Å². The van der Waals surface area contributed by atoms with Gasteiger partial charge in [-0.2, -0.15) is 4.76 Å². The maximum Gasteiger partial charge on any atom is 0.346 e. The Hall–Kier alpha value is -3.45. The van der Waals surface area contributed by atoms with E-state index in [1.54, 1.807) is 71.0 Å². The van der Waals surface area contributed by atoms with Crippen LogP contribution in [0.15, 0.2) is 80.7 Å². The molecule has 13 nitrogen and oxygen atoms in total. The van der Waals surface area contributed by atoms with E-state index in [2.05, 4.69) is 20.2 Å². The van der Waals surface area contributed by atoms with Gasteiger partial charge in [-0.25, -0.2) is 4.76 Å². The summed E-state index contributed by atoms with van der Waals surface area (Å²) in [5.74, 6) is -0.867. The lowest BCUT2D eigenvalue weighted by Gasteiger charge is -2.23.